The molecule has 3 aromatic carbocycles. The lowest BCUT2D eigenvalue weighted by Gasteiger charge is -2.33. The fourth-order valence-corrected chi connectivity index (χ4v) is 8.33. The monoisotopic (exact) mass is 691 g/mol. The molecule has 4 nitrogen and oxygen atoms in total. The minimum Gasteiger partial charge on any atom is -0.494 e. The molecule has 5 rings (SSSR count). The average molecular weight is 691 g/mol. The number of benzene rings is 3. The van der Waals surface area contributed by atoms with Crippen molar-refractivity contribution in [3.63, 3.8) is 0 Å². The molecule has 276 valence electrons. The fraction of sp³-hybridized carbons (Fsp3) is 0.574. The lowest BCUT2D eigenvalue weighted by atomic mass is 9.70. The molecule has 0 unspecified atom stereocenters. The maximum atomic E-state index is 6.54. The van der Waals surface area contributed by atoms with Gasteiger partial charge in [-0.15, -0.1) is 10.2 Å². The second-order valence-corrected chi connectivity index (χ2v) is 15.5. The quantitative estimate of drug-likeness (QED) is 0.0687. The SMILES string of the molecule is CCCCCCCCOc1ccc(-c2nnc(-c3cc(C)cc4c3-c3ccc(C)cc3C4(CCCCCCCC)CCCCCCCC)o2)cc1. The van der Waals surface area contributed by atoms with Crippen molar-refractivity contribution in [3.8, 4) is 39.8 Å². The molecular weight excluding hydrogens is 625 g/mol. The van der Waals surface area contributed by atoms with Gasteiger partial charge in [0.05, 0.1) is 6.61 Å². The van der Waals surface area contributed by atoms with Crippen molar-refractivity contribution in [2.75, 3.05) is 6.61 Å². The molecule has 0 radical (unpaired) electrons. The number of rotatable bonds is 24. The first kappa shape index (κ1) is 38.8. The molecule has 0 spiro atoms. The van der Waals surface area contributed by atoms with Crippen LogP contribution in [0.5, 0.6) is 5.75 Å². The number of hydrogen-bond donors (Lipinski definition) is 0. The molecule has 0 saturated carbocycles. The molecule has 51 heavy (non-hydrogen) atoms. The largest absolute Gasteiger partial charge is 0.494 e. The van der Waals surface area contributed by atoms with E-state index in [0.717, 1.165) is 29.9 Å². The van der Waals surface area contributed by atoms with Gasteiger partial charge in [-0.05, 0) is 91.3 Å². The van der Waals surface area contributed by atoms with Crippen molar-refractivity contribution in [1.82, 2.24) is 10.2 Å². The molecule has 1 aromatic heterocycles. The summed E-state index contributed by atoms with van der Waals surface area (Å²) in [4.78, 5) is 0. The van der Waals surface area contributed by atoms with Gasteiger partial charge >= 0.3 is 0 Å². The zero-order valence-corrected chi connectivity index (χ0v) is 32.8. The minimum absolute atomic E-state index is 0.0150. The van der Waals surface area contributed by atoms with E-state index in [0.29, 0.717) is 11.8 Å². The second-order valence-electron chi connectivity index (χ2n) is 15.5. The van der Waals surface area contributed by atoms with Crippen molar-refractivity contribution >= 4 is 0 Å². The molecule has 0 saturated heterocycles. The van der Waals surface area contributed by atoms with Crippen LogP contribution < -0.4 is 4.74 Å². The highest BCUT2D eigenvalue weighted by Crippen LogP contribution is 2.57. The molecule has 0 fully saturated rings. The van der Waals surface area contributed by atoms with E-state index in [1.165, 1.54) is 155 Å². The van der Waals surface area contributed by atoms with E-state index in [2.05, 4.69) is 70.0 Å². The number of fused-ring (bicyclic) bond motifs is 3. The van der Waals surface area contributed by atoms with Gasteiger partial charge < -0.3 is 9.15 Å². The second kappa shape index (κ2) is 20.0. The lowest BCUT2D eigenvalue weighted by Crippen LogP contribution is -2.26. The third kappa shape index (κ3) is 10.1. The van der Waals surface area contributed by atoms with Crippen molar-refractivity contribution in [2.24, 2.45) is 0 Å². The van der Waals surface area contributed by atoms with Gasteiger partial charge in [0, 0.05) is 16.5 Å². The van der Waals surface area contributed by atoms with Crippen LogP contribution in [0.1, 0.15) is 171 Å². The zero-order chi connectivity index (χ0) is 35.9. The summed E-state index contributed by atoms with van der Waals surface area (Å²) in [6, 6.07) is 20.0. The van der Waals surface area contributed by atoms with Crippen molar-refractivity contribution in [1.29, 1.82) is 0 Å². The molecule has 1 heterocycles. The van der Waals surface area contributed by atoms with Crippen LogP contribution in [0.3, 0.4) is 0 Å². The number of nitrogens with zero attached hydrogens (tertiary/aromatic N) is 2. The topological polar surface area (TPSA) is 48.2 Å². The van der Waals surface area contributed by atoms with Crippen LogP contribution in [-0.2, 0) is 5.41 Å². The van der Waals surface area contributed by atoms with E-state index in [1.54, 1.807) is 0 Å². The first-order chi connectivity index (χ1) is 25.0. The van der Waals surface area contributed by atoms with Crippen molar-refractivity contribution in [3.05, 3.63) is 76.9 Å². The van der Waals surface area contributed by atoms with Gasteiger partial charge in [-0.25, -0.2) is 0 Å². The Kier molecular flexibility index (Phi) is 15.2. The van der Waals surface area contributed by atoms with Crippen molar-refractivity contribution < 1.29 is 9.15 Å². The number of hydrogen-bond acceptors (Lipinski definition) is 4. The lowest BCUT2D eigenvalue weighted by molar-refractivity contribution is 0.304. The Morgan fingerprint density at radius 3 is 1.71 bits per heavy atom. The molecule has 0 atom stereocenters. The van der Waals surface area contributed by atoms with Crippen LogP contribution in [0.15, 0.2) is 59.0 Å². The van der Waals surface area contributed by atoms with E-state index >= 15 is 0 Å². The summed E-state index contributed by atoms with van der Waals surface area (Å²) >= 11 is 0. The Hall–Kier alpha value is -3.40. The Balaban J connectivity index is 1.41. The number of unbranched alkanes of at least 4 members (excludes halogenated alkanes) is 15. The summed E-state index contributed by atoms with van der Waals surface area (Å²) in [5.41, 5.74) is 10.3. The van der Waals surface area contributed by atoms with Crippen LogP contribution in [0, 0.1) is 13.8 Å². The fourth-order valence-electron chi connectivity index (χ4n) is 8.33. The highest BCUT2D eigenvalue weighted by atomic mass is 16.5. The third-order valence-electron chi connectivity index (χ3n) is 11.2. The first-order valence-electron chi connectivity index (χ1n) is 20.8. The summed E-state index contributed by atoms with van der Waals surface area (Å²) in [5, 5.41) is 9.27. The Morgan fingerprint density at radius 1 is 0.529 bits per heavy atom. The van der Waals surface area contributed by atoms with E-state index < -0.39 is 0 Å². The Morgan fingerprint density at radius 2 is 1.08 bits per heavy atom. The normalized spacial score (nSPS) is 13.0. The number of ether oxygens (including phenoxy) is 1. The molecule has 0 aliphatic heterocycles. The van der Waals surface area contributed by atoms with Gasteiger partial charge in [0.2, 0.25) is 11.8 Å². The van der Waals surface area contributed by atoms with Crippen LogP contribution in [0.4, 0.5) is 0 Å². The summed E-state index contributed by atoms with van der Waals surface area (Å²) in [5.74, 6) is 2.05. The van der Waals surface area contributed by atoms with Gasteiger partial charge in [-0.1, -0.05) is 160 Å². The molecule has 1 aliphatic rings. The maximum Gasteiger partial charge on any atom is 0.248 e. The molecule has 1 aliphatic carbocycles. The maximum absolute atomic E-state index is 6.54. The van der Waals surface area contributed by atoms with Gasteiger partial charge in [-0.3, -0.25) is 0 Å². The first-order valence-corrected chi connectivity index (χ1v) is 20.8. The number of aryl methyl sites for hydroxylation is 2. The van der Waals surface area contributed by atoms with E-state index in [9.17, 15) is 0 Å². The van der Waals surface area contributed by atoms with E-state index in [-0.39, 0.29) is 5.41 Å². The predicted molar refractivity (Wildman–Crippen MR) is 216 cm³/mol. The van der Waals surface area contributed by atoms with Crippen molar-refractivity contribution in [2.45, 2.75) is 168 Å². The summed E-state index contributed by atoms with van der Waals surface area (Å²) in [7, 11) is 0. The molecule has 4 aromatic rings. The van der Waals surface area contributed by atoms with E-state index in [4.69, 9.17) is 14.3 Å². The molecular formula is C47H66N2O2. The summed E-state index contributed by atoms with van der Waals surface area (Å²) in [6.07, 6.45) is 25.8. The highest BCUT2D eigenvalue weighted by Gasteiger charge is 2.44. The van der Waals surface area contributed by atoms with Crippen LogP contribution >= 0.6 is 0 Å². The van der Waals surface area contributed by atoms with E-state index in [1.807, 2.05) is 24.3 Å². The average Bonchev–Trinajstić information content (AvgIpc) is 3.73. The van der Waals surface area contributed by atoms with Crippen LogP contribution in [0.25, 0.3) is 34.0 Å². The van der Waals surface area contributed by atoms with Crippen LogP contribution in [0.2, 0.25) is 0 Å². The van der Waals surface area contributed by atoms with Gasteiger partial charge in [-0.2, -0.15) is 0 Å². The number of aromatic nitrogens is 2. The smallest absolute Gasteiger partial charge is 0.248 e. The molecule has 0 N–H and O–H groups in total. The standard InChI is InChI=1S/C47H66N2O2/c1-6-9-12-15-18-21-30-47(31-22-19-16-13-10-7-2)42-34-36(4)24-29-40(42)44-41(33-37(5)35-43(44)47)46-49-48-45(51-46)38-25-27-39(28-26-38)50-32-23-20-17-14-11-8-3/h24-29,33-35H,6-23,30-32H2,1-5H3. The summed E-state index contributed by atoms with van der Waals surface area (Å²) < 4.78 is 12.6. The van der Waals surface area contributed by atoms with Gasteiger partial charge in [0.15, 0.2) is 0 Å². The highest BCUT2D eigenvalue weighted by molar-refractivity contribution is 5.91. The predicted octanol–water partition coefficient (Wildman–Crippen LogP) is 14.5. The van der Waals surface area contributed by atoms with Gasteiger partial charge in [0.25, 0.3) is 0 Å². The van der Waals surface area contributed by atoms with Gasteiger partial charge in [0.1, 0.15) is 5.75 Å². The molecule has 0 amide bonds. The Labute approximate surface area is 310 Å². The Bertz CT molecular complexity index is 1600. The summed E-state index contributed by atoms with van der Waals surface area (Å²) in [6.45, 7) is 12.1. The third-order valence-corrected chi connectivity index (χ3v) is 11.2. The minimum atomic E-state index is 0.0150. The molecule has 4 heteroatoms. The zero-order valence-electron chi connectivity index (χ0n) is 32.8. The molecule has 0 bridgehead atoms. The van der Waals surface area contributed by atoms with Crippen LogP contribution in [-0.4, -0.2) is 16.8 Å².